The maximum absolute atomic E-state index is 9.09. The summed E-state index contributed by atoms with van der Waals surface area (Å²) in [5.41, 5.74) is 4.76. The Morgan fingerprint density at radius 3 is 2.96 bits per heavy atom. The molecular weight excluding hydrogens is 304 g/mol. The normalized spacial score (nSPS) is 13.0. The molecule has 0 bridgehead atoms. The van der Waals surface area contributed by atoms with Gasteiger partial charge >= 0.3 is 0 Å². The fourth-order valence-electron chi connectivity index (χ4n) is 2.58. The Bertz CT molecular complexity index is 755. The minimum atomic E-state index is -1.06. The Balaban J connectivity index is 1.74. The van der Waals surface area contributed by atoms with Gasteiger partial charge in [0.05, 0.1) is 17.3 Å². The fourth-order valence-corrected chi connectivity index (χ4v) is 3.33. The van der Waals surface area contributed by atoms with Crippen LogP contribution in [0.1, 0.15) is 11.1 Å². The highest BCUT2D eigenvalue weighted by Crippen LogP contribution is 2.34. The molecule has 0 saturated heterocycles. The van der Waals surface area contributed by atoms with Crippen LogP contribution in [0.3, 0.4) is 0 Å². The highest BCUT2D eigenvalue weighted by Gasteiger charge is 2.20. The van der Waals surface area contributed by atoms with E-state index in [0.717, 1.165) is 41.7 Å². The van der Waals surface area contributed by atoms with Crippen LogP contribution in [0.4, 0.5) is 5.69 Å². The third kappa shape index (κ3) is 3.63. The maximum atomic E-state index is 9.09. The molecule has 23 heavy (non-hydrogen) atoms. The molecule has 0 atom stereocenters. The van der Waals surface area contributed by atoms with Crippen molar-refractivity contribution in [3.63, 3.8) is 0 Å². The highest BCUT2D eigenvalue weighted by molar-refractivity contribution is 6.76. The Kier molecular flexibility index (Phi) is 4.24. The zero-order valence-electron chi connectivity index (χ0n) is 13.9. The lowest BCUT2D eigenvalue weighted by molar-refractivity contribution is 0.0787. The summed E-state index contributed by atoms with van der Waals surface area (Å²) in [7, 11) is -1.06. The van der Waals surface area contributed by atoms with Gasteiger partial charge in [-0.3, -0.25) is 0 Å². The highest BCUT2D eigenvalue weighted by atomic mass is 28.3. The zero-order valence-corrected chi connectivity index (χ0v) is 14.9. The lowest BCUT2D eigenvalue weighted by atomic mass is 10.00. The molecule has 0 saturated carbocycles. The van der Waals surface area contributed by atoms with E-state index in [1.807, 2.05) is 29.1 Å². The molecule has 120 valence electrons. The summed E-state index contributed by atoms with van der Waals surface area (Å²) >= 11 is 0. The molecule has 1 N–H and O–H groups in total. The summed E-state index contributed by atoms with van der Waals surface area (Å²) in [5.74, 6) is 0. The van der Waals surface area contributed by atoms with Gasteiger partial charge in [0.25, 0.3) is 0 Å². The number of hydrogen-bond acceptors (Lipinski definition) is 4. The van der Waals surface area contributed by atoms with Crippen LogP contribution in [0, 0.1) is 11.3 Å². The summed E-state index contributed by atoms with van der Waals surface area (Å²) in [6.45, 7) is 9.05. The summed E-state index contributed by atoms with van der Waals surface area (Å²) in [6.07, 6.45) is 2.03. The van der Waals surface area contributed by atoms with Gasteiger partial charge in [-0.1, -0.05) is 19.6 Å². The molecule has 2 aromatic rings. The third-order valence-corrected chi connectivity index (χ3v) is 5.63. The van der Waals surface area contributed by atoms with Crippen molar-refractivity contribution >= 4 is 13.8 Å². The van der Waals surface area contributed by atoms with Gasteiger partial charge in [-0.25, -0.2) is 4.68 Å². The number of ether oxygens (including phenoxy) is 1. The summed E-state index contributed by atoms with van der Waals surface area (Å²) in [6, 6.07) is 9.01. The average Bonchev–Trinajstić information content (AvgIpc) is 2.93. The Morgan fingerprint density at radius 2 is 2.22 bits per heavy atom. The Hall–Kier alpha value is -2.10. The minimum absolute atomic E-state index is 0.477. The maximum Gasteiger partial charge on any atom is 0.139 e. The summed E-state index contributed by atoms with van der Waals surface area (Å²) < 4.78 is 7.62. The average molecular weight is 326 g/mol. The molecule has 0 radical (unpaired) electrons. The first kappa shape index (κ1) is 15.8. The number of nitriles is 1. The van der Waals surface area contributed by atoms with Crippen LogP contribution in [0.25, 0.3) is 11.3 Å². The van der Waals surface area contributed by atoms with E-state index in [0.29, 0.717) is 12.3 Å². The van der Waals surface area contributed by atoms with Crippen molar-refractivity contribution in [3.8, 4) is 17.3 Å². The van der Waals surface area contributed by atoms with Gasteiger partial charge in [-0.2, -0.15) is 10.4 Å². The smallest absolute Gasteiger partial charge is 0.139 e. The van der Waals surface area contributed by atoms with Crippen LogP contribution >= 0.6 is 0 Å². The summed E-state index contributed by atoms with van der Waals surface area (Å²) in [5, 5.41) is 17.1. The molecule has 0 amide bonds. The number of anilines is 1. The number of nitrogens with zero attached hydrogens (tertiary/aromatic N) is 3. The standard InChI is InChI=1S/C17H22N4OSi/c1-23(2,3)7-6-22-12-21-11-14-10-19-16-5-4-13(9-18)8-15(16)17(14)20-21/h4-5,8,11,19H,6-7,10,12H2,1-3H3. The second kappa shape index (κ2) is 6.18. The molecule has 6 heteroatoms. The molecular formula is C17H22N4OSi. The molecule has 2 heterocycles. The SMILES string of the molecule is C[Si](C)(C)CCOCn1cc2c(n1)-c1cc(C#N)ccc1NC2. The first-order valence-electron chi connectivity index (χ1n) is 7.89. The largest absolute Gasteiger partial charge is 0.380 e. The molecule has 0 spiro atoms. The van der Waals surface area contributed by atoms with E-state index in [-0.39, 0.29) is 0 Å². The van der Waals surface area contributed by atoms with Crippen molar-refractivity contribution < 1.29 is 4.74 Å². The number of benzene rings is 1. The van der Waals surface area contributed by atoms with Crippen LogP contribution in [0.15, 0.2) is 24.4 Å². The molecule has 1 aromatic heterocycles. The zero-order chi connectivity index (χ0) is 16.4. The second-order valence-corrected chi connectivity index (χ2v) is 12.7. The molecule has 1 aliphatic heterocycles. The van der Waals surface area contributed by atoms with Crippen molar-refractivity contribution in [3.05, 3.63) is 35.5 Å². The first-order chi connectivity index (χ1) is 11.0. The van der Waals surface area contributed by atoms with Crippen LogP contribution in [0.2, 0.25) is 25.7 Å². The van der Waals surface area contributed by atoms with E-state index >= 15 is 0 Å². The molecule has 1 aromatic carbocycles. The van der Waals surface area contributed by atoms with Crippen molar-refractivity contribution in [2.75, 3.05) is 11.9 Å². The van der Waals surface area contributed by atoms with Gasteiger partial charge in [0, 0.05) is 44.2 Å². The minimum Gasteiger partial charge on any atom is -0.380 e. The van der Waals surface area contributed by atoms with E-state index < -0.39 is 8.07 Å². The Labute approximate surface area is 137 Å². The van der Waals surface area contributed by atoms with Gasteiger partial charge in [-0.15, -0.1) is 0 Å². The van der Waals surface area contributed by atoms with Crippen molar-refractivity contribution in [1.29, 1.82) is 5.26 Å². The molecule has 3 rings (SSSR count). The molecule has 0 fully saturated rings. The number of rotatable bonds is 5. The predicted molar refractivity (Wildman–Crippen MR) is 93.8 cm³/mol. The van der Waals surface area contributed by atoms with Crippen molar-refractivity contribution in [2.45, 2.75) is 39.0 Å². The van der Waals surface area contributed by atoms with Crippen LogP contribution in [0.5, 0.6) is 0 Å². The molecule has 1 aliphatic rings. The van der Waals surface area contributed by atoms with Gasteiger partial charge in [0.1, 0.15) is 6.73 Å². The first-order valence-corrected chi connectivity index (χ1v) is 11.6. The van der Waals surface area contributed by atoms with Gasteiger partial charge in [0.15, 0.2) is 0 Å². The van der Waals surface area contributed by atoms with E-state index in [1.165, 1.54) is 0 Å². The number of hydrogen-bond donors (Lipinski definition) is 1. The quantitative estimate of drug-likeness (QED) is 0.673. The van der Waals surface area contributed by atoms with Crippen LogP contribution in [-0.4, -0.2) is 24.5 Å². The number of fused-ring (bicyclic) bond motifs is 3. The monoisotopic (exact) mass is 326 g/mol. The van der Waals surface area contributed by atoms with Crippen LogP contribution < -0.4 is 5.32 Å². The van der Waals surface area contributed by atoms with E-state index in [9.17, 15) is 0 Å². The number of aromatic nitrogens is 2. The second-order valence-electron chi connectivity index (χ2n) is 7.12. The molecule has 5 nitrogen and oxygen atoms in total. The third-order valence-electron chi connectivity index (χ3n) is 3.93. The van der Waals surface area contributed by atoms with Gasteiger partial charge < -0.3 is 10.1 Å². The predicted octanol–water partition coefficient (Wildman–Crippen LogP) is 3.66. The lowest BCUT2D eigenvalue weighted by Gasteiger charge is -2.17. The Morgan fingerprint density at radius 1 is 1.39 bits per heavy atom. The lowest BCUT2D eigenvalue weighted by Crippen LogP contribution is -2.22. The summed E-state index contributed by atoms with van der Waals surface area (Å²) in [4.78, 5) is 0. The van der Waals surface area contributed by atoms with E-state index in [2.05, 4.69) is 36.1 Å². The van der Waals surface area contributed by atoms with E-state index in [1.54, 1.807) is 0 Å². The molecule has 0 unspecified atom stereocenters. The van der Waals surface area contributed by atoms with Crippen LogP contribution in [-0.2, 0) is 18.0 Å². The van der Waals surface area contributed by atoms with Gasteiger partial charge in [0.2, 0.25) is 0 Å². The van der Waals surface area contributed by atoms with Crippen molar-refractivity contribution in [2.24, 2.45) is 0 Å². The topological polar surface area (TPSA) is 62.9 Å². The van der Waals surface area contributed by atoms with E-state index in [4.69, 9.17) is 10.00 Å². The number of nitrogens with one attached hydrogen (secondary N) is 1. The fraction of sp³-hybridized carbons (Fsp3) is 0.412. The van der Waals surface area contributed by atoms with Gasteiger partial charge in [-0.05, 0) is 24.2 Å². The van der Waals surface area contributed by atoms with Crippen molar-refractivity contribution in [1.82, 2.24) is 9.78 Å². The molecule has 0 aliphatic carbocycles.